The minimum Gasteiger partial charge on any atom is -0.370 e. The van der Waals surface area contributed by atoms with Crippen LogP contribution in [0.15, 0.2) is 35.3 Å². The van der Waals surface area contributed by atoms with E-state index in [4.69, 9.17) is 5.73 Å². The van der Waals surface area contributed by atoms with Crippen LogP contribution in [0.25, 0.3) is 5.69 Å². The number of hydrogen-bond donors (Lipinski definition) is 2. The predicted molar refractivity (Wildman–Crippen MR) is 75.5 cm³/mol. The van der Waals surface area contributed by atoms with Gasteiger partial charge in [-0.15, -0.1) is 5.10 Å². The lowest BCUT2D eigenvalue weighted by Gasteiger charge is -2.04. The van der Waals surface area contributed by atoms with E-state index >= 15 is 0 Å². The monoisotopic (exact) mass is 271 g/mol. The van der Waals surface area contributed by atoms with Crippen LogP contribution in [-0.2, 0) is 6.42 Å². The van der Waals surface area contributed by atoms with E-state index in [9.17, 15) is 0 Å². The first kappa shape index (κ1) is 12.6. The van der Waals surface area contributed by atoms with Crippen molar-refractivity contribution in [3.05, 3.63) is 36.2 Å². The molecule has 3 N–H and O–H groups in total. The molecule has 0 atom stereocenters. The Morgan fingerprint density at radius 1 is 1.35 bits per heavy atom. The zero-order valence-corrected chi connectivity index (χ0v) is 11.1. The number of aromatic nitrogens is 4. The van der Waals surface area contributed by atoms with E-state index in [2.05, 4.69) is 25.8 Å². The topological polar surface area (TPSA) is 94.0 Å². The molecular formula is C13H17N7. The van der Waals surface area contributed by atoms with E-state index in [1.54, 1.807) is 4.68 Å². The van der Waals surface area contributed by atoms with Crippen molar-refractivity contribution < 1.29 is 0 Å². The molecule has 7 heteroatoms. The third kappa shape index (κ3) is 3.11. The second-order valence-electron chi connectivity index (χ2n) is 4.78. The molecule has 7 nitrogen and oxygen atoms in total. The van der Waals surface area contributed by atoms with Crippen molar-refractivity contribution in [2.45, 2.75) is 25.3 Å². The second-order valence-corrected chi connectivity index (χ2v) is 4.78. The third-order valence-electron chi connectivity index (χ3n) is 3.08. The lowest BCUT2D eigenvalue weighted by Crippen LogP contribution is -2.33. The third-order valence-corrected chi connectivity index (χ3v) is 3.08. The van der Waals surface area contributed by atoms with Crippen molar-refractivity contribution in [1.82, 2.24) is 25.5 Å². The minimum absolute atomic E-state index is 0.506. The lowest BCUT2D eigenvalue weighted by atomic mass is 10.3. The maximum atomic E-state index is 5.78. The molecule has 20 heavy (non-hydrogen) atoms. The van der Waals surface area contributed by atoms with E-state index in [0.29, 0.717) is 25.0 Å². The van der Waals surface area contributed by atoms with E-state index in [1.165, 1.54) is 12.8 Å². The Balaban J connectivity index is 1.62. The van der Waals surface area contributed by atoms with Gasteiger partial charge in [0, 0.05) is 19.0 Å². The van der Waals surface area contributed by atoms with Crippen LogP contribution >= 0.6 is 0 Å². The number of para-hydroxylation sites is 1. The predicted octanol–water partition coefficient (Wildman–Crippen LogP) is 0.271. The normalized spacial score (nSPS) is 15.3. The van der Waals surface area contributed by atoms with Crippen molar-refractivity contribution in [3.8, 4) is 5.69 Å². The lowest BCUT2D eigenvalue weighted by molar-refractivity contribution is 0.753. The first-order valence-electron chi connectivity index (χ1n) is 6.72. The van der Waals surface area contributed by atoms with Crippen LogP contribution in [0.4, 0.5) is 0 Å². The summed E-state index contributed by atoms with van der Waals surface area (Å²) in [5.41, 5.74) is 6.73. The van der Waals surface area contributed by atoms with Gasteiger partial charge in [-0.05, 0) is 35.4 Å². The fourth-order valence-electron chi connectivity index (χ4n) is 1.89. The number of aliphatic imine (C=N–C) groups is 1. The first-order valence-corrected chi connectivity index (χ1v) is 6.72. The Labute approximate surface area is 116 Å². The van der Waals surface area contributed by atoms with Gasteiger partial charge >= 0.3 is 0 Å². The largest absolute Gasteiger partial charge is 0.370 e. The summed E-state index contributed by atoms with van der Waals surface area (Å²) < 4.78 is 1.72. The number of nitrogens with one attached hydrogen (secondary N) is 1. The molecular weight excluding hydrogens is 254 g/mol. The summed E-state index contributed by atoms with van der Waals surface area (Å²) in [5, 5.41) is 14.9. The van der Waals surface area contributed by atoms with Gasteiger partial charge in [-0.3, -0.25) is 4.99 Å². The van der Waals surface area contributed by atoms with Crippen molar-refractivity contribution in [3.63, 3.8) is 0 Å². The van der Waals surface area contributed by atoms with E-state index < -0.39 is 0 Å². The Kier molecular flexibility index (Phi) is 3.58. The van der Waals surface area contributed by atoms with Crippen LogP contribution in [0.5, 0.6) is 0 Å². The van der Waals surface area contributed by atoms with Crippen LogP contribution in [0, 0.1) is 0 Å². The number of rotatable bonds is 5. The zero-order valence-electron chi connectivity index (χ0n) is 11.1. The Bertz CT molecular complexity index is 586. The number of hydrogen-bond acceptors (Lipinski definition) is 4. The smallest absolute Gasteiger partial charge is 0.188 e. The summed E-state index contributed by atoms with van der Waals surface area (Å²) in [5.74, 6) is 1.28. The molecule has 0 amide bonds. The van der Waals surface area contributed by atoms with Crippen LogP contribution in [0.3, 0.4) is 0 Å². The average molecular weight is 271 g/mol. The zero-order chi connectivity index (χ0) is 13.8. The summed E-state index contributed by atoms with van der Waals surface area (Å²) in [6.07, 6.45) is 3.01. The molecule has 0 saturated heterocycles. The SMILES string of the molecule is NC(=NCCc1nnnn1-c1ccccc1)NC1CC1. The number of nitrogens with zero attached hydrogens (tertiary/aromatic N) is 5. The molecule has 1 aromatic carbocycles. The van der Waals surface area contributed by atoms with Gasteiger partial charge in [0.1, 0.15) is 0 Å². The second kappa shape index (κ2) is 5.68. The molecule has 104 valence electrons. The Morgan fingerprint density at radius 2 is 2.15 bits per heavy atom. The summed E-state index contributed by atoms with van der Waals surface area (Å²) in [6, 6.07) is 10.3. The number of guanidine groups is 1. The number of benzene rings is 1. The minimum atomic E-state index is 0.506. The summed E-state index contributed by atoms with van der Waals surface area (Å²) in [4.78, 5) is 4.29. The van der Waals surface area contributed by atoms with Crippen molar-refractivity contribution in [1.29, 1.82) is 0 Å². The molecule has 3 rings (SSSR count). The van der Waals surface area contributed by atoms with Crippen molar-refractivity contribution in [2.75, 3.05) is 6.54 Å². The van der Waals surface area contributed by atoms with Gasteiger partial charge in [0.2, 0.25) is 0 Å². The molecule has 1 aliphatic carbocycles. The fraction of sp³-hybridized carbons (Fsp3) is 0.385. The highest BCUT2D eigenvalue weighted by atomic mass is 15.5. The fourth-order valence-corrected chi connectivity index (χ4v) is 1.89. The maximum Gasteiger partial charge on any atom is 0.188 e. The summed E-state index contributed by atoms with van der Waals surface area (Å²) in [7, 11) is 0. The number of tetrazole rings is 1. The highest BCUT2D eigenvalue weighted by molar-refractivity contribution is 5.78. The molecule has 0 unspecified atom stereocenters. The molecule has 1 saturated carbocycles. The number of nitrogens with two attached hydrogens (primary N) is 1. The van der Waals surface area contributed by atoms with Crippen molar-refractivity contribution >= 4 is 5.96 Å². The quantitative estimate of drug-likeness (QED) is 0.601. The van der Waals surface area contributed by atoms with Gasteiger partial charge < -0.3 is 11.1 Å². The van der Waals surface area contributed by atoms with Gasteiger partial charge in [0.15, 0.2) is 11.8 Å². The van der Waals surface area contributed by atoms with Gasteiger partial charge in [-0.25, -0.2) is 0 Å². The first-order chi connectivity index (χ1) is 9.83. The molecule has 0 radical (unpaired) electrons. The van der Waals surface area contributed by atoms with Crippen LogP contribution in [0.1, 0.15) is 18.7 Å². The Morgan fingerprint density at radius 3 is 2.90 bits per heavy atom. The molecule has 1 fully saturated rings. The van der Waals surface area contributed by atoms with E-state index in [0.717, 1.165) is 11.5 Å². The van der Waals surface area contributed by atoms with E-state index in [-0.39, 0.29) is 0 Å². The summed E-state index contributed by atoms with van der Waals surface area (Å²) in [6.45, 7) is 0.568. The van der Waals surface area contributed by atoms with Gasteiger partial charge in [0.25, 0.3) is 0 Å². The summed E-state index contributed by atoms with van der Waals surface area (Å²) >= 11 is 0. The molecule has 2 aromatic rings. The van der Waals surface area contributed by atoms with Crippen LogP contribution in [-0.4, -0.2) is 38.8 Å². The highest BCUT2D eigenvalue weighted by Gasteiger charge is 2.21. The average Bonchev–Trinajstić information content (AvgIpc) is 3.15. The molecule has 0 bridgehead atoms. The standard InChI is InChI=1S/C13H17N7/c14-13(16-10-6-7-10)15-9-8-12-17-18-19-20(12)11-4-2-1-3-5-11/h1-5,10H,6-9H2,(H3,14,15,16). The maximum absolute atomic E-state index is 5.78. The van der Waals surface area contributed by atoms with Crippen LogP contribution in [0.2, 0.25) is 0 Å². The molecule has 1 aliphatic rings. The molecule has 0 aliphatic heterocycles. The van der Waals surface area contributed by atoms with Crippen molar-refractivity contribution in [2.24, 2.45) is 10.7 Å². The van der Waals surface area contributed by atoms with E-state index in [1.807, 2.05) is 30.3 Å². The molecule has 1 aromatic heterocycles. The van der Waals surface area contributed by atoms with Gasteiger partial charge in [0.05, 0.1) is 5.69 Å². The van der Waals surface area contributed by atoms with Gasteiger partial charge in [-0.2, -0.15) is 4.68 Å². The van der Waals surface area contributed by atoms with Gasteiger partial charge in [-0.1, -0.05) is 18.2 Å². The highest BCUT2D eigenvalue weighted by Crippen LogP contribution is 2.17. The Hall–Kier alpha value is -2.44. The molecule has 0 spiro atoms. The molecule has 1 heterocycles. The van der Waals surface area contributed by atoms with Crippen LogP contribution < -0.4 is 11.1 Å².